The van der Waals surface area contributed by atoms with Gasteiger partial charge >= 0.3 is 0 Å². The van der Waals surface area contributed by atoms with Crippen LogP contribution in [0.25, 0.3) is 0 Å². The molecule has 0 unspecified atom stereocenters. The molecule has 1 N–H and O–H groups in total. The molecule has 2 amide bonds. The molecule has 0 spiro atoms. The van der Waals surface area contributed by atoms with Crippen molar-refractivity contribution in [2.24, 2.45) is 0 Å². The number of nitrogens with one attached hydrogen (secondary N) is 1. The van der Waals surface area contributed by atoms with E-state index in [-0.39, 0.29) is 17.3 Å². The van der Waals surface area contributed by atoms with Gasteiger partial charge in [-0.1, -0.05) is 67.4 Å². The molecular weight excluding hydrogens is 569 g/mol. The van der Waals surface area contributed by atoms with Gasteiger partial charge in [0.15, 0.2) is 0 Å². The van der Waals surface area contributed by atoms with Crippen molar-refractivity contribution in [3.63, 3.8) is 0 Å². The Morgan fingerprint density at radius 2 is 1.50 bits per heavy atom. The van der Waals surface area contributed by atoms with E-state index in [0.717, 1.165) is 21.9 Å². The second kappa shape index (κ2) is 14.0. The van der Waals surface area contributed by atoms with E-state index in [1.807, 2.05) is 26.8 Å². The lowest BCUT2D eigenvalue weighted by molar-refractivity contribution is -0.140. The molecule has 40 heavy (non-hydrogen) atoms. The average molecular weight is 605 g/mol. The third-order valence-electron chi connectivity index (χ3n) is 6.43. The molecule has 0 aliphatic rings. The summed E-state index contributed by atoms with van der Waals surface area (Å²) in [5.41, 5.74) is 2.53. The smallest absolute Gasteiger partial charge is 0.264 e. The largest absolute Gasteiger partial charge is 0.354 e. The summed E-state index contributed by atoms with van der Waals surface area (Å²) in [7, 11) is -4.14. The maximum atomic E-state index is 14.1. The van der Waals surface area contributed by atoms with Gasteiger partial charge in [-0.25, -0.2) is 8.42 Å². The first kappa shape index (κ1) is 31.5. The minimum Gasteiger partial charge on any atom is -0.354 e. The summed E-state index contributed by atoms with van der Waals surface area (Å²) in [6.45, 7) is 7.31. The van der Waals surface area contributed by atoms with E-state index in [0.29, 0.717) is 34.3 Å². The standard InChI is InChI=1S/C30H35Cl2N3O4S/c1-5-15-33-30(37)28(6-2)34(19-25-26(31)13-10-14-27(25)32)29(36)20-35(23-17-21(3)16-22(4)18-23)40(38,39)24-11-8-7-9-12-24/h7-14,16-18,28H,5-6,15,19-20H2,1-4H3,(H,33,37)/t28-/m1/s1. The number of halogens is 2. The molecule has 0 aliphatic carbocycles. The summed E-state index contributed by atoms with van der Waals surface area (Å²) in [4.78, 5) is 28.8. The number of aryl methyl sites for hydroxylation is 2. The zero-order valence-corrected chi connectivity index (χ0v) is 25.5. The molecule has 3 aromatic carbocycles. The highest BCUT2D eigenvalue weighted by Gasteiger charge is 2.34. The van der Waals surface area contributed by atoms with Gasteiger partial charge in [0.1, 0.15) is 12.6 Å². The van der Waals surface area contributed by atoms with Gasteiger partial charge in [0, 0.05) is 28.7 Å². The highest BCUT2D eigenvalue weighted by molar-refractivity contribution is 7.92. The maximum absolute atomic E-state index is 14.1. The van der Waals surface area contributed by atoms with Gasteiger partial charge in [-0.05, 0) is 74.2 Å². The van der Waals surface area contributed by atoms with Gasteiger partial charge in [0.05, 0.1) is 10.6 Å². The first-order chi connectivity index (χ1) is 19.0. The number of rotatable bonds is 12. The number of hydrogen-bond acceptors (Lipinski definition) is 4. The molecule has 0 aromatic heterocycles. The third kappa shape index (κ3) is 7.56. The van der Waals surface area contributed by atoms with Crippen molar-refractivity contribution in [1.82, 2.24) is 10.2 Å². The first-order valence-corrected chi connectivity index (χ1v) is 15.3. The number of sulfonamides is 1. The molecule has 3 aromatic rings. The molecule has 0 fully saturated rings. The van der Waals surface area contributed by atoms with Crippen molar-refractivity contribution in [3.8, 4) is 0 Å². The van der Waals surface area contributed by atoms with Crippen LogP contribution < -0.4 is 9.62 Å². The van der Waals surface area contributed by atoms with E-state index in [2.05, 4.69) is 5.32 Å². The monoisotopic (exact) mass is 603 g/mol. The maximum Gasteiger partial charge on any atom is 0.264 e. The van der Waals surface area contributed by atoms with Crippen LogP contribution in [0.5, 0.6) is 0 Å². The third-order valence-corrected chi connectivity index (χ3v) is 8.93. The Bertz CT molecular complexity index is 1410. The van der Waals surface area contributed by atoms with Crippen molar-refractivity contribution in [3.05, 3.63) is 93.5 Å². The normalized spacial score (nSPS) is 12.1. The van der Waals surface area contributed by atoms with Crippen LogP contribution in [0.2, 0.25) is 10.0 Å². The minimum absolute atomic E-state index is 0.0513. The summed E-state index contributed by atoms with van der Waals surface area (Å²) in [5.74, 6) is -0.891. The summed E-state index contributed by atoms with van der Waals surface area (Å²) >= 11 is 12.9. The fraction of sp³-hybridized carbons (Fsp3) is 0.333. The lowest BCUT2D eigenvalue weighted by atomic mass is 10.1. The summed E-state index contributed by atoms with van der Waals surface area (Å²) < 4.78 is 29.0. The fourth-order valence-corrected chi connectivity index (χ4v) is 6.42. The zero-order valence-electron chi connectivity index (χ0n) is 23.2. The SMILES string of the molecule is CCCNC(=O)[C@@H](CC)N(Cc1c(Cl)cccc1Cl)C(=O)CN(c1cc(C)cc(C)c1)S(=O)(=O)c1ccccc1. The van der Waals surface area contributed by atoms with Gasteiger partial charge in [-0.15, -0.1) is 0 Å². The van der Waals surface area contributed by atoms with Crippen molar-refractivity contribution >= 4 is 50.7 Å². The molecule has 214 valence electrons. The van der Waals surface area contributed by atoms with Crippen LogP contribution in [0, 0.1) is 13.8 Å². The Labute approximate surface area is 247 Å². The Hall–Kier alpha value is -3.07. The Kier molecular flexibility index (Phi) is 11.0. The lowest BCUT2D eigenvalue weighted by Gasteiger charge is -2.33. The molecule has 0 bridgehead atoms. The molecule has 0 saturated carbocycles. The van der Waals surface area contributed by atoms with E-state index < -0.39 is 28.5 Å². The fourth-order valence-electron chi connectivity index (χ4n) is 4.48. The molecular formula is C30H35Cl2N3O4S. The number of nitrogens with zero attached hydrogens (tertiary/aromatic N) is 2. The minimum atomic E-state index is -4.14. The molecule has 0 aliphatic heterocycles. The summed E-state index contributed by atoms with van der Waals surface area (Å²) in [5, 5.41) is 3.55. The Balaban J connectivity index is 2.11. The zero-order chi connectivity index (χ0) is 29.4. The van der Waals surface area contributed by atoms with E-state index in [1.54, 1.807) is 55.5 Å². The van der Waals surface area contributed by atoms with E-state index in [9.17, 15) is 18.0 Å². The number of carbonyl (C=O) groups excluding carboxylic acids is 2. The lowest BCUT2D eigenvalue weighted by Crippen LogP contribution is -2.52. The van der Waals surface area contributed by atoms with Crippen LogP contribution in [-0.2, 0) is 26.2 Å². The topological polar surface area (TPSA) is 86.8 Å². The van der Waals surface area contributed by atoms with Gasteiger partial charge in [0.25, 0.3) is 10.0 Å². The van der Waals surface area contributed by atoms with Crippen LogP contribution in [0.1, 0.15) is 43.4 Å². The van der Waals surface area contributed by atoms with Crippen molar-refractivity contribution in [2.45, 2.75) is 58.0 Å². The highest BCUT2D eigenvalue weighted by atomic mass is 35.5. The molecule has 7 nitrogen and oxygen atoms in total. The molecule has 3 rings (SSSR count). The number of amides is 2. The second-order valence-corrected chi connectivity index (χ2v) is 12.3. The van der Waals surface area contributed by atoms with Gasteiger partial charge < -0.3 is 10.2 Å². The number of anilines is 1. The van der Waals surface area contributed by atoms with Gasteiger partial charge in [-0.3, -0.25) is 13.9 Å². The molecule has 0 heterocycles. The molecule has 0 saturated heterocycles. The van der Waals surface area contributed by atoms with Crippen LogP contribution in [0.15, 0.2) is 71.6 Å². The van der Waals surface area contributed by atoms with E-state index in [1.165, 1.54) is 17.0 Å². The van der Waals surface area contributed by atoms with Crippen LogP contribution in [0.3, 0.4) is 0 Å². The Morgan fingerprint density at radius 3 is 2.05 bits per heavy atom. The molecule has 0 radical (unpaired) electrons. The molecule has 10 heteroatoms. The predicted molar refractivity (Wildman–Crippen MR) is 161 cm³/mol. The molecule has 1 atom stereocenters. The van der Waals surface area contributed by atoms with Gasteiger partial charge in [-0.2, -0.15) is 0 Å². The highest BCUT2D eigenvalue weighted by Crippen LogP contribution is 2.29. The van der Waals surface area contributed by atoms with Crippen molar-refractivity contribution in [1.29, 1.82) is 0 Å². The van der Waals surface area contributed by atoms with Crippen molar-refractivity contribution < 1.29 is 18.0 Å². The number of hydrogen-bond donors (Lipinski definition) is 1. The van der Waals surface area contributed by atoms with Crippen LogP contribution in [0.4, 0.5) is 5.69 Å². The van der Waals surface area contributed by atoms with Gasteiger partial charge in [0.2, 0.25) is 11.8 Å². The predicted octanol–water partition coefficient (Wildman–Crippen LogP) is 6.14. The second-order valence-electron chi connectivity index (χ2n) is 9.61. The number of benzene rings is 3. The first-order valence-electron chi connectivity index (χ1n) is 13.2. The Morgan fingerprint density at radius 1 is 0.900 bits per heavy atom. The summed E-state index contributed by atoms with van der Waals surface area (Å²) in [6.07, 6.45) is 1.03. The number of carbonyl (C=O) groups is 2. The summed E-state index contributed by atoms with van der Waals surface area (Å²) in [6, 6.07) is 17.5. The van der Waals surface area contributed by atoms with Crippen LogP contribution in [-0.4, -0.2) is 44.3 Å². The van der Waals surface area contributed by atoms with E-state index in [4.69, 9.17) is 23.2 Å². The van der Waals surface area contributed by atoms with Crippen molar-refractivity contribution in [2.75, 3.05) is 17.4 Å². The van der Waals surface area contributed by atoms with Crippen LogP contribution >= 0.6 is 23.2 Å². The van der Waals surface area contributed by atoms with E-state index >= 15 is 0 Å². The quantitative estimate of drug-likeness (QED) is 0.269. The average Bonchev–Trinajstić information content (AvgIpc) is 2.91.